The van der Waals surface area contributed by atoms with Crippen molar-refractivity contribution < 1.29 is 4.79 Å². The molecule has 0 atom stereocenters. The first kappa shape index (κ1) is 10.9. The molecule has 0 aliphatic carbocycles. The topological polar surface area (TPSA) is 59.0 Å². The summed E-state index contributed by atoms with van der Waals surface area (Å²) < 4.78 is 4.58. The number of carbonyl (C=O) groups excluding carboxylic acids is 1. The Hall–Kier alpha value is -1.56. The number of fused-ring (bicyclic) bond motifs is 1. The zero-order chi connectivity index (χ0) is 11.5. The smallest absolute Gasteiger partial charge is 0.255 e. The van der Waals surface area contributed by atoms with Crippen molar-refractivity contribution in [3.8, 4) is 0 Å². The Balaban J connectivity index is 2.46. The highest BCUT2D eigenvalue weighted by Crippen LogP contribution is 2.19. The molecule has 5 nitrogen and oxygen atoms in total. The molecule has 2 aromatic rings. The molecule has 6 heteroatoms. The third-order valence-electron chi connectivity index (χ3n) is 2.43. The molecule has 0 aliphatic heterocycles. The third kappa shape index (κ3) is 1.76. The Bertz CT molecular complexity index is 506. The van der Waals surface area contributed by atoms with Gasteiger partial charge in [-0.3, -0.25) is 4.79 Å². The minimum atomic E-state index is 0.0171. The lowest BCUT2D eigenvalue weighted by molar-refractivity contribution is 0.0775. The molecule has 0 saturated carbocycles. The van der Waals surface area contributed by atoms with E-state index >= 15 is 0 Å². The first-order valence-electron chi connectivity index (χ1n) is 5.14. The zero-order valence-corrected chi connectivity index (χ0v) is 9.99. The summed E-state index contributed by atoms with van der Waals surface area (Å²) in [5.74, 6) is 0.0171. The summed E-state index contributed by atoms with van der Waals surface area (Å²) in [6.45, 7) is 5.33. The number of rotatable bonds is 3. The van der Waals surface area contributed by atoms with Gasteiger partial charge in [-0.15, -0.1) is 5.10 Å². The molecule has 0 unspecified atom stereocenters. The molecule has 84 valence electrons. The quantitative estimate of drug-likeness (QED) is 0.811. The van der Waals surface area contributed by atoms with Crippen molar-refractivity contribution in [1.29, 1.82) is 0 Å². The van der Waals surface area contributed by atoms with E-state index in [9.17, 15) is 4.79 Å². The standard InChI is InChI=1S/C10H12N4OS/c1-3-14(4-2)10(15)7-5-6-11-9-8(7)16-13-12-9/h5-6H,3-4H2,1-2H3. The fraction of sp³-hybridized carbons (Fsp3) is 0.400. The van der Waals surface area contributed by atoms with Crippen LogP contribution in [0.15, 0.2) is 12.3 Å². The maximum absolute atomic E-state index is 12.2. The third-order valence-corrected chi connectivity index (χ3v) is 3.18. The summed E-state index contributed by atoms with van der Waals surface area (Å²) >= 11 is 1.21. The first-order valence-corrected chi connectivity index (χ1v) is 5.91. The van der Waals surface area contributed by atoms with Crippen LogP contribution in [0.5, 0.6) is 0 Å². The second-order valence-corrected chi connectivity index (χ2v) is 4.02. The molecular weight excluding hydrogens is 224 g/mol. The van der Waals surface area contributed by atoms with Crippen LogP contribution in [0.4, 0.5) is 0 Å². The van der Waals surface area contributed by atoms with Crippen LogP contribution in [-0.4, -0.2) is 38.5 Å². The maximum Gasteiger partial charge on any atom is 0.255 e. The van der Waals surface area contributed by atoms with Crippen LogP contribution in [0.2, 0.25) is 0 Å². The number of amides is 1. The van der Waals surface area contributed by atoms with E-state index in [4.69, 9.17) is 0 Å². The first-order chi connectivity index (χ1) is 7.77. The van der Waals surface area contributed by atoms with E-state index < -0.39 is 0 Å². The van der Waals surface area contributed by atoms with Crippen molar-refractivity contribution in [3.05, 3.63) is 17.8 Å². The number of hydrogen-bond acceptors (Lipinski definition) is 5. The highest BCUT2D eigenvalue weighted by molar-refractivity contribution is 7.13. The molecule has 0 spiro atoms. The van der Waals surface area contributed by atoms with Crippen LogP contribution in [0.25, 0.3) is 10.3 Å². The Morgan fingerprint density at radius 2 is 2.19 bits per heavy atom. The normalized spacial score (nSPS) is 10.6. The van der Waals surface area contributed by atoms with E-state index in [0.717, 1.165) is 4.70 Å². The summed E-state index contributed by atoms with van der Waals surface area (Å²) in [5, 5.41) is 3.86. The second kappa shape index (κ2) is 4.52. The van der Waals surface area contributed by atoms with E-state index in [1.807, 2.05) is 13.8 Å². The predicted octanol–water partition coefficient (Wildman–Crippen LogP) is 1.57. The lowest BCUT2D eigenvalue weighted by atomic mass is 10.2. The van der Waals surface area contributed by atoms with Crippen molar-refractivity contribution in [2.24, 2.45) is 0 Å². The predicted molar refractivity (Wildman–Crippen MR) is 62.5 cm³/mol. The average molecular weight is 236 g/mol. The molecule has 1 amide bonds. The van der Waals surface area contributed by atoms with Gasteiger partial charge in [-0.1, -0.05) is 4.49 Å². The van der Waals surface area contributed by atoms with Gasteiger partial charge in [0.1, 0.15) is 4.70 Å². The Morgan fingerprint density at radius 3 is 2.88 bits per heavy atom. The molecule has 2 rings (SSSR count). The number of hydrogen-bond donors (Lipinski definition) is 0. The maximum atomic E-state index is 12.2. The molecule has 0 bridgehead atoms. The number of carbonyl (C=O) groups is 1. The summed E-state index contributed by atoms with van der Waals surface area (Å²) in [5.41, 5.74) is 1.19. The molecule has 0 aromatic carbocycles. The summed E-state index contributed by atoms with van der Waals surface area (Å²) in [4.78, 5) is 18.0. The molecule has 0 fully saturated rings. The van der Waals surface area contributed by atoms with Gasteiger partial charge in [-0.2, -0.15) is 0 Å². The number of pyridine rings is 1. The van der Waals surface area contributed by atoms with Gasteiger partial charge >= 0.3 is 0 Å². The van der Waals surface area contributed by atoms with Crippen LogP contribution < -0.4 is 0 Å². The summed E-state index contributed by atoms with van der Waals surface area (Å²) in [6.07, 6.45) is 1.60. The van der Waals surface area contributed by atoms with Gasteiger partial charge in [0.25, 0.3) is 5.91 Å². The largest absolute Gasteiger partial charge is 0.339 e. The summed E-state index contributed by atoms with van der Waals surface area (Å²) in [7, 11) is 0. The van der Waals surface area contributed by atoms with Crippen LogP contribution in [0.1, 0.15) is 24.2 Å². The minimum Gasteiger partial charge on any atom is -0.339 e. The fourth-order valence-corrected chi connectivity index (χ4v) is 2.18. The Kier molecular flexibility index (Phi) is 3.09. The van der Waals surface area contributed by atoms with Gasteiger partial charge in [0, 0.05) is 19.3 Å². The van der Waals surface area contributed by atoms with E-state index in [-0.39, 0.29) is 5.91 Å². The Labute approximate surface area is 97.3 Å². The highest BCUT2D eigenvalue weighted by atomic mass is 32.1. The molecule has 0 aliphatic rings. The molecule has 16 heavy (non-hydrogen) atoms. The van der Waals surface area contributed by atoms with Crippen molar-refractivity contribution >= 4 is 27.8 Å². The summed E-state index contributed by atoms with van der Waals surface area (Å²) in [6, 6.07) is 1.73. The van der Waals surface area contributed by atoms with Crippen LogP contribution in [0.3, 0.4) is 0 Å². The van der Waals surface area contributed by atoms with Crippen molar-refractivity contribution in [1.82, 2.24) is 19.5 Å². The van der Waals surface area contributed by atoms with E-state index in [1.54, 1.807) is 17.2 Å². The molecular formula is C10H12N4OS. The van der Waals surface area contributed by atoms with Crippen molar-refractivity contribution in [2.45, 2.75) is 13.8 Å². The molecule has 0 N–H and O–H groups in total. The molecule has 2 aromatic heterocycles. The zero-order valence-electron chi connectivity index (χ0n) is 9.17. The average Bonchev–Trinajstić information content (AvgIpc) is 2.78. The fourth-order valence-electron chi connectivity index (χ4n) is 1.55. The minimum absolute atomic E-state index is 0.0171. The van der Waals surface area contributed by atoms with E-state index in [0.29, 0.717) is 24.3 Å². The van der Waals surface area contributed by atoms with Gasteiger partial charge < -0.3 is 4.90 Å². The van der Waals surface area contributed by atoms with Crippen molar-refractivity contribution in [2.75, 3.05) is 13.1 Å². The van der Waals surface area contributed by atoms with Gasteiger partial charge in [-0.05, 0) is 31.4 Å². The lowest BCUT2D eigenvalue weighted by Crippen LogP contribution is -2.30. The monoisotopic (exact) mass is 236 g/mol. The van der Waals surface area contributed by atoms with Crippen LogP contribution >= 0.6 is 11.5 Å². The lowest BCUT2D eigenvalue weighted by Gasteiger charge is -2.18. The molecule has 2 heterocycles. The van der Waals surface area contributed by atoms with E-state index in [2.05, 4.69) is 14.6 Å². The van der Waals surface area contributed by atoms with Gasteiger partial charge in [-0.25, -0.2) is 4.98 Å². The van der Waals surface area contributed by atoms with Gasteiger partial charge in [0.2, 0.25) is 0 Å². The van der Waals surface area contributed by atoms with Crippen LogP contribution in [-0.2, 0) is 0 Å². The highest BCUT2D eigenvalue weighted by Gasteiger charge is 2.17. The second-order valence-electron chi connectivity index (χ2n) is 3.26. The molecule has 0 radical (unpaired) electrons. The van der Waals surface area contributed by atoms with Crippen molar-refractivity contribution in [3.63, 3.8) is 0 Å². The van der Waals surface area contributed by atoms with Gasteiger partial charge in [0.05, 0.1) is 5.56 Å². The Morgan fingerprint density at radius 1 is 1.44 bits per heavy atom. The van der Waals surface area contributed by atoms with Gasteiger partial charge in [0.15, 0.2) is 5.65 Å². The number of aromatic nitrogens is 3. The van der Waals surface area contributed by atoms with E-state index in [1.165, 1.54) is 11.5 Å². The SMILES string of the molecule is CCN(CC)C(=O)c1ccnc2nnsc12. The number of nitrogens with zero attached hydrogens (tertiary/aromatic N) is 4. The molecule has 0 saturated heterocycles. The van der Waals surface area contributed by atoms with Crippen LogP contribution in [0, 0.1) is 0 Å².